The molecule has 162 valence electrons. The monoisotopic (exact) mass is 422 g/mol. The molecule has 0 bridgehead atoms. The van der Waals surface area contributed by atoms with Gasteiger partial charge < -0.3 is 10.1 Å². The summed E-state index contributed by atoms with van der Waals surface area (Å²) in [5.74, 6) is 0.679. The first kappa shape index (κ1) is 22.0. The van der Waals surface area contributed by atoms with Crippen LogP contribution in [0.25, 0.3) is 0 Å². The standard InChI is InChI=1S/C23H26N4O4/c1-16-6-4-7-21(14-16)31-13-5-12-24-23(28)20-10-8-19(9-11-20)15-26-18(3)22(27(29)30)17(2)25-26/h4,6-11,14H,5,12-13,15H2,1-3H3,(H,24,28). The summed E-state index contributed by atoms with van der Waals surface area (Å²) in [7, 11) is 0. The number of nitro groups is 1. The van der Waals surface area contributed by atoms with E-state index in [0.717, 1.165) is 16.9 Å². The van der Waals surface area contributed by atoms with Crippen molar-refractivity contribution in [1.82, 2.24) is 15.1 Å². The van der Waals surface area contributed by atoms with Crippen LogP contribution in [-0.2, 0) is 6.54 Å². The minimum Gasteiger partial charge on any atom is -0.494 e. The van der Waals surface area contributed by atoms with Crippen molar-refractivity contribution in [2.75, 3.05) is 13.2 Å². The molecule has 1 aromatic heterocycles. The third kappa shape index (κ3) is 5.69. The minimum atomic E-state index is -0.409. The van der Waals surface area contributed by atoms with Gasteiger partial charge in [-0.3, -0.25) is 19.6 Å². The van der Waals surface area contributed by atoms with Crippen molar-refractivity contribution < 1.29 is 14.5 Å². The van der Waals surface area contributed by atoms with Gasteiger partial charge in [-0.25, -0.2) is 0 Å². The Kier molecular flexibility index (Phi) is 7.02. The van der Waals surface area contributed by atoms with E-state index in [1.54, 1.807) is 30.7 Å². The lowest BCUT2D eigenvalue weighted by molar-refractivity contribution is -0.386. The van der Waals surface area contributed by atoms with E-state index in [0.29, 0.717) is 43.1 Å². The number of aromatic nitrogens is 2. The molecule has 3 aromatic rings. The topological polar surface area (TPSA) is 99.3 Å². The van der Waals surface area contributed by atoms with Crippen molar-refractivity contribution in [1.29, 1.82) is 0 Å². The molecular formula is C23H26N4O4. The molecule has 0 atom stereocenters. The molecule has 8 heteroatoms. The number of benzene rings is 2. The van der Waals surface area contributed by atoms with Crippen molar-refractivity contribution in [3.05, 3.63) is 86.7 Å². The Morgan fingerprint density at radius 2 is 1.90 bits per heavy atom. The molecule has 0 aliphatic heterocycles. The SMILES string of the molecule is Cc1cccc(OCCCNC(=O)c2ccc(Cn3nc(C)c([N+](=O)[O-])c3C)cc2)c1. The van der Waals surface area contributed by atoms with Crippen molar-refractivity contribution in [2.24, 2.45) is 0 Å². The maximum atomic E-state index is 12.3. The highest BCUT2D eigenvalue weighted by Crippen LogP contribution is 2.22. The highest BCUT2D eigenvalue weighted by Gasteiger charge is 2.21. The van der Waals surface area contributed by atoms with Gasteiger partial charge in [-0.1, -0.05) is 24.3 Å². The third-order valence-electron chi connectivity index (χ3n) is 4.94. The molecular weight excluding hydrogens is 396 g/mol. The first-order valence-electron chi connectivity index (χ1n) is 10.1. The lowest BCUT2D eigenvalue weighted by Gasteiger charge is -2.09. The maximum absolute atomic E-state index is 12.3. The summed E-state index contributed by atoms with van der Waals surface area (Å²) in [6.45, 7) is 6.76. The van der Waals surface area contributed by atoms with Gasteiger partial charge in [-0.05, 0) is 62.6 Å². The van der Waals surface area contributed by atoms with Gasteiger partial charge in [0.05, 0.1) is 18.1 Å². The van der Waals surface area contributed by atoms with Gasteiger partial charge >= 0.3 is 5.69 Å². The van der Waals surface area contributed by atoms with Crippen LogP contribution in [0.4, 0.5) is 5.69 Å². The summed E-state index contributed by atoms with van der Waals surface area (Å²) < 4.78 is 7.29. The minimum absolute atomic E-state index is 0.0439. The summed E-state index contributed by atoms with van der Waals surface area (Å²) in [6.07, 6.45) is 0.703. The number of nitrogens with one attached hydrogen (secondary N) is 1. The molecule has 0 saturated heterocycles. The molecule has 0 fully saturated rings. The van der Waals surface area contributed by atoms with Crippen LogP contribution in [0.3, 0.4) is 0 Å². The molecule has 1 N–H and O–H groups in total. The molecule has 2 aromatic carbocycles. The second kappa shape index (κ2) is 9.88. The molecule has 31 heavy (non-hydrogen) atoms. The fraction of sp³-hybridized carbons (Fsp3) is 0.304. The number of aryl methyl sites for hydroxylation is 2. The number of carbonyl (C=O) groups is 1. The van der Waals surface area contributed by atoms with Crippen LogP contribution in [0.2, 0.25) is 0 Å². The van der Waals surface area contributed by atoms with Crippen molar-refractivity contribution in [3.8, 4) is 5.75 Å². The van der Waals surface area contributed by atoms with Crippen molar-refractivity contribution >= 4 is 11.6 Å². The van der Waals surface area contributed by atoms with Gasteiger partial charge in [0, 0.05) is 12.1 Å². The van der Waals surface area contributed by atoms with Gasteiger partial charge in [-0.15, -0.1) is 0 Å². The molecule has 0 radical (unpaired) electrons. The zero-order chi connectivity index (χ0) is 22.4. The smallest absolute Gasteiger partial charge is 0.312 e. The largest absolute Gasteiger partial charge is 0.494 e. The van der Waals surface area contributed by atoms with Crippen LogP contribution in [-0.4, -0.2) is 33.8 Å². The second-order valence-electron chi connectivity index (χ2n) is 7.41. The Morgan fingerprint density at radius 3 is 2.55 bits per heavy atom. The Morgan fingerprint density at radius 1 is 1.16 bits per heavy atom. The molecule has 0 unspecified atom stereocenters. The van der Waals surface area contributed by atoms with E-state index in [9.17, 15) is 14.9 Å². The van der Waals surface area contributed by atoms with E-state index >= 15 is 0 Å². The average molecular weight is 422 g/mol. The van der Waals surface area contributed by atoms with Gasteiger partial charge in [0.25, 0.3) is 5.91 Å². The van der Waals surface area contributed by atoms with E-state index in [2.05, 4.69) is 10.4 Å². The summed E-state index contributed by atoms with van der Waals surface area (Å²) in [5.41, 5.74) is 3.56. The van der Waals surface area contributed by atoms with Gasteiger partial charge in [0.15, 0.2) is 0 Å². The van der Waals surface area contributed by atoms with Crippen LogP contribution in [0.5, 0.6) is 5.75 Å². The second-order valence-corrected chi connectivity index (χ2v) is 7.41. The van der Waals surface area contributed by atoms with Crippen LogP contribution in [0.15, 0.2) is 48.5 Å². The zero-order valence-corrected chi connectivity index (χ0v) is 17.9. The van der Waals surface area contributed by atoms with Crippen LogP contribution in [0.1, 0.15) is 39.3 Å². The highest BCUT2D eigenvalue weighted by molar-refractivity contribution is 5.94. The van der Waals surface area contributed by atoms with Gasteiger partial charge in [0.2, 0.25) is 0 Å². The van der Waals surface area contributed by atoms with E-state index in [-0.39, 0.29) is 11.6 Å². The summed E-state index contributed by atoms with van der Waals surface area (Å²) in [4.78, 5) is 23.1. The number of amides is 1. The van der Waals surface area contributed by atoms with E-state index < -0.39 is 4.92 Å². The van der Waals surface area contributed by atoms with Crippen LogP contribution in [0, 0.1) is 30.9 Å². The number of rotatable bonds is 9. The summed E-state index contributed by atoms with van der Waals surface area (Å²) >= 11 is 0. The van der Waals surface area contributed by atoms with Gasteiger partial charge in [0.1, 0.15) is 17.1 Å². The first-order chi connectivity index (χ1) is 14.8. The molecule has 3 rings (SSSR count). The highest BCUT2D eigenvalue weighted by atomic mass is 16.6. The third-order valence-corrected chi connectivity index (χ3v) is 4.94. The lowest BCUT2D eigenvalue weighted by atomic mass is 10.1. The van der Waals surface area contributed by atoms with Crippen molar-refractivity contribution in [3.63, 3.8) is 0 Å². The average Bonchev–Trinajstić information content (AvgIpc) is 3.01. The Hall–Kier alpha value is -3.68. The lowest BCUT2D eigenvalue weighted by Crippen LogP contribution is -2.25. The molecule has 0 saturated carbocycles. The van der Waals surface area contributed by atoms with Crippen LogP contribution >= 0.6 is 0 Å². The Bertz CT molecular complexity index is 1070. The van der Waals surface area contributed by atoms with E-state index in [1.807, 2.05) is 43.3 Å². The first-order valence-corrected chi connectivity index (χ1v) is 10.1. The number of hydrogen-bond acceptors (Lipinski definition) is 5. The molecule has 0 aliphatic rings. The molecule has 1 heterocycles. The summed E-state index contributed by atoms with van der Waals surface area (Å²) in [6, 6.07) is 15.0. The van der Waals surface area contributed by atoms with Gasteiger partial charge in [-0.2, -0.15) is 5.10 Å². The quantitative estimate of drug-likeness (QED) is 0.320. The molecule has 0 spiro atoms. The number of hydrogen-bond donors (Lipinski definition) is 1. The number of ether oxygens (including phenoxy) is 1. The van der Waals surface area contributed by atoms with E-state index in [1.165, 1.54) is 0 Å². The Balaban J connectivity index is 1.48. The Labute approximate surface area is 181 Å². The predicted octanol–water partition coefficient (Wildman–Crippen LogP) is 3.96. The predicted molar refractivity (Wildman–Crippen MR) is 118 cm³/mol. The van der Waals surface area contributed by atoms with Crippen molar-refractivity contribution in [2.45, 2.75) is 33.7 Å². The maximum Gasteiger partial charge on any atom is 0.312 e. The zero-order valence-electron chi connectivity index (χ0n) is 17.9. The van der Waals surface area contributed by atoms with E-state index in [4.69, 9.17) is 4.74 Å². The summed E-state index contributed by atoms with van der Waals surface area (Å²) in [5, 5.41) is 18.3. The molecule has 0 aliphatic carbocycles. The fourth-order valence-electron chi connectivity index (χ4n) is 3.31. The molecule has 8 nitrogen and oxygen atoms in total. The number of nitrogens with zero attached hydrogens (tertiary/aromatic N) is 3. The normalized spacial score (nSPS) is 10.7. The molecule has 1 amide bonds. The fourth-order valence-corrected chi connectivity index (χ4v) is 3.31. The van der Waals surface area contributed by atoms with Crippen LogP contribution < -0.4 is 10.1 Å². The number of carbonyl (C=O) groups excluding carboxylic acids is 1.